The van der Waals surface area contributed by atoms with Crippen LogP contribution in [-0.4, -0.2) is 39.4 Å². The fourth-order valence-corrected chi connectivity index (χ4v) is 3.47. The van der Waals surface area contributed by atoms with Crippen molar-refractivity contribution in [2.24, 2.45) is 0 Å². The van der Waals surface area contributed by atoms with Crippen LogP contribution in [0.5, 0.6) is 11.5 Å². The quantitative estimate of drug-likeness (QED) is 0.862. The topological polar surface area (TPSA) is 52.4 Å². The predicted octanol–water partition coefficient (Wildman–Crippen LogP) is 2.28. The number of aryl methyl sites for hydroxylation is 1. The fraction of sp³-hybridized carbons (Fsp3) is 0.500. The Labute approximate surface area is 140 Å². The van der Waals surface area contributed by atoms with Crippen molar-refractivity contribution in [3.8, 4) is 11.5 Å². The van der Waals surface area contributed by atoms with Crippen molar-refractivity contribution in [1.82, 2.24) is 19.7 Å². The normalized spacial score (nSPS) is 17.1. The van der Waals surface area contributed by atoms with E-state index in [0.29, 0.717) is 24.0 Å². The minimum atomic E-state index is 0.549. The molecule has 2 aliphatic rings. The number of fused-ring (bicyclic) bond motifs is 2. The van der Waals surface area contributed by atoms with Gasteiger partial charge in [-0.2, -0.15) is 0 Å². The monoisotopic (exact) mass is 334 g/mol. The number of benzene rings is 1. The van der Waals surface area contributed by atoms with Crippen LogP contribution in [0.2, 0.25) is 5.02 Å². The molecule has 0 saturated heterocycles. The first kappa shape index (κ1) is 14.8. The number of nitrogens with zero attached hydrogens (tertiary/aromatic N) is 4. The number of aromatic nitrogens is 3. The molecule has 2 aromatic rings. The second-order valence-electron chi connectivity index (χ2n) is 5.85. The van der Waals surface area contributed by atoms with Gasteiger partial charge in [0.25, 0.3) is 0 Å². The van der Waals surface area contributed by atoms with E-state index in [1.807, 2.05) is 12.1 Å². The van der Waals surface area contributed by atoms with Crippen LogP contribution in [0.25, 0.3) is 0 Å². The van der Waals surface area contributed by atoms with Gasteiger partial charge >= 0.3 is 0 Å². The summed E-state index contributed by atoms with van der Waals surface area (Å²) in [6.45, 7) is 6.76. The summed E-state index contributed by atoms with van der Waals surface area (Å²) in [5.41, 5.74) is 1.13. The summed E-state index contributed by atoms with van der Waals surface area (Å²) in [6, 6.07) is 3.99. The van der Waals surface area contributed by atoms with E-state index in [0.717, 1.165) is 55.6 Å². The molecule has 0 atom stereocenters. The Kier molecular flexibility index (Phi) is 3.87. The van der Waals surface area contributed by atoms with E-state index in [1.165, 1.54) is 0 Å². The SMILES string of the molecule is CCc1nnc2n1CCN(Cc1cc(Cl)c3c(c1)OCCO3)C2. The number of rotatable bonds is 3. The molecule has 3 heterocycles. The average Bonchev–Trinajstić information content (AvgIpc) is 2.97. The summed E-state index contributed by atoms with van der Waals surface area (Å²) in [4.78, 5) is 2.35. The highest BCUT2D eigenvalue weighted by molar-refractivity contribution is 6.32. The Balaban J connectivity index is 1.52. The van der Waals surface area contributed by atoms with Crippen molar-refractivity contribution >= 4 is 11.6 Å². The van der Waals surface area contributed by atoms with E-state index in [2.05, 4.69) is 26.6 Å². The zero-order valence-electron chi connectivity index (χ0n) is 13.1. The van der Waals surface area contributed by atoms with Crippen LogP contribution in [0.1, 0.15) is 24.1 Å². The van der Waals surface area contributed by atoms with Crippen LogP contribution < -0.4 is 9.47 Å². The van der Waals surface area contributed by atoms with Gasteiger partial charge in [0.2, 0.25) is 0 Å². The lowest BCUT2D eigenvalue weighted by Crippen LogP contribution is -2.34. The zero-order valence-corrected chi connectivity index (χ0v) is 13.8. The van der Waals surface area contributed by atoms with Gasteiger partial charge in [-0.15, -0.1) is 10.2 Å². The molecule has 0 fully saturated rings. The molecule has 0 radical (unpaired) electrons. The Bertz CT molecular complexity index is 731. The molecule has 23 heavy (non-hydrogen) atoms. The van der Waals surface area contributed by atoms with Crippen LogP contribution in [-0.2, 0) is 26.1 Å². The van der Waals surface area contributed by atoms with Crippen LogP contribution in [0.4, 0.5) is 0 Å². The van der Waals surface area contributed by atoms with Crippen molar-refractivity contribution in [3.63, 3.8) is 0 Å². The summed E-state index contributed by atoms with van der Waals surface area (Å²) < 4.78 is 13.5. The summed E-state index contributed by atoms with van der Waals surface area (Å²) in [5.74, 6) is 3.51. The van der Waals surface area contributed by atoms with Crippen molar-refractivity contribution in [1.29, 1.82) is 0 Å². The number of hydrogen-bond donors (Lipinski definition) is 0. The fourth-order valence-electron chi connectivity index (χ4n) is 3.18. The van der Waals surface area contributed by atoms with Crippen LogP contribution in [0.15, 0.2) is 12.1 Å². The van der Waals surface area contributed by atoms with E-state index in [4.69, 9.17) is 21.1 Å². The van der Waals surface area contributed by atoms with Gasteiger partial charge in [-0.3, -0.25) is 4.90 Å². The van der Waals surface area contributed by atoms with Gasteiger partial charge in [0, 0.05) is 26.1 Å². The number of ether oxygens (including phenoxy) is 2. The Morgan fingerprint density at radius 2 is 2.04 bits per heavy atom. The Morgan fingerprint density at radius 1 is 1.17 bits per heavy atom. The summed E-state index contributed by atoms with van der Waals surface area (Å²) in [5, 5.41) is 9.18. The molecule has 0 amide bonds. The molecule has 0 spiro atoms. The van der Waals surface area contributed by atoms with E-state index in [-0.39, 0.29) is 0 Å². The second kappa shape index (κ2) is 6.02. The molecule has 7 heteroatoms. The molecule has 0 bridgehead atoms. The van der Waals surface area contributed by atoms with Crippen molar-refractivity contribution in [2.45, 2.75) is 33.0 Å². The highest BCUT2D eigenvalue weighted by atomic mass is 35.5. The molecule has 0 aliphatic carbocycles. The first-order chi connectivity index (χ1) is 11.2. The van der Waals surface area contributed by atoms with Gasteiger partial charge in [0.15, 0.2) is 11.5 Å². The van der Waals surface area contributed by atoms with Crippen LogP contribution in [0, 0.1) is 0 Å². The van der Waals surface area contributed by atoms with Gasteiger partial charge in [-0.05, 0) is 17.7 Å². The third-order valence-electron chi connectivity index (χ3n) is 4.29. The van der Waals surface area contributed by atoms with E-state index >= 15 is 0 Å². The molecule has 0 unspecified atom stereocenters. The molecule has 1 aromatic heterocycles. The Hall–Kier alpha value is -1.79. The smallest absolute Gasteiger partial charge is 0.179 e. The Morgan fingerprint density at radius 3 is 2.91 bits per heavy atom. The predicted molar refractivity (Wildman–Crippen MR) is 86.0 cm³/mol. The van der Waals surface area contributed by atoms with Crippen LogP contribution >= 0.6 is 11.6 Å². The maximum absolute atomic E-state index is 6.32. The molecular weight excluding hydrogens is 316 g/mol. The molecular formula is C16H19ClN4O2. The van der Waals surface area contributed by atoms with Crippen molar-refractivity contribution in [2.75, 3.05) is 19.8 Å². The first-order valence-electron chi connectivity index (χ1n) is 7.96. The molecule has 2 aliphatic heterocycles. The van der Waals surface area contributed by atoms with Gasteiger partial charge < -0.3 is 14.0 Å². The molecule has 6 nitrogen and oxygen atoms in total. The lowest BCUT2D eigenvalue weighted by Gasteiger charge is -2.28. The maximum atomic E-state index is 6.32. The summed E-state index contributed by atoms with van der Waals surface area (Å²) >= 11 is 6.32. The van der Waals surface area contributed by atoms with E-state index in [1.54, 1.807) is 0 Å². The highest BCUT2D eigenvalue weighted by Gasteiger charge is 2.22. The number of hydrogen-bond acceptors (Lipinski definition) is 5. The lowest BCUT2D eigenvalue weighted by atomic mass is 10.1. The van der Waals surface area contributed by atoms with Gasteiger partial charge in [0.05, 0.1) is 11.6 Å². The van der Waals surface area contributed by atoms with Crippen LogP contribution in [0.3, 0.4) is 0 Å². The lowest BCUT2D eigenvalue weighted by molar-refractivity contribution is 0.170. The van der Waals surface area contributed by atoms with E-state index in [9.17, 15) is 0 Å². The number of halogens is 1. The standard InChI is InChI=1S/C16H19ClN4O2/c1-2-14-18-19-15-10-20(3-4-21(14)15)9-11-7-12(17)16-13(8-11)22-5-6-23-16/h7-8H,2-6,9-10H2,1H3. The third kappa shape index (κ3) is 2.77. The minimum Gasteiger partial charge on any atom is -0.486 e. The van der Waals surface area contributed by atoms with Crippen molar-refractivity contribution in [3.05, 3.63) is 34.4 Å². The third-order valence-corrected chi connectivity index (χ3v) is 4.57. The average molecular weight is 335 g/mol. The van der Waals surface area contributed by atoms with Gasteiger partial charge in [-0.1, -0.05) is 18.5 Å². The van der Waals surface area contributed by atoms with E-state index < -0.39 is 0 Å². The van der Waals surface area contributed by atoms with Gasteiger partial charge in [-0.25, -0.2) is 0 Å². The molecule has 1 aromatic carbocycles. The molecule has 0 N–H and O–H groups in total. The molecule has 0 saturated carbocycles. The maximum Gasteiger partial charge on any atom is 0.179 e. The second-order valence-corrected chi connectivity index (χ2v) is 6.26. The zero-order chi connectivity index (χ0) is 15.8. The molecule has 122 valence electrons. The highest BCUT2D eigenvalue weighted by Crippen LogP contribution is 2.38. The molecule has 4 rings (SSSR count). The largest absolute Gasteiger partial charge is 0.486 e. The van der Waals surface area contributed by atoms with Crippen molar-refractivity contribution < 1.29 is 9.47 Å². The summed E-state index contributed by atoms with van der Waals surface area (Å²) in [6.07, 6.45) is 0.921. The van der Waals surface area contributed by atoms with Gasteiger partial charge in [0.1, 0.15) is 24.9 Å². The summed E-state index contributed by atoms with van der Waals surface area (Å²) in [7, 11) is 0. The first-order valence-corrected chi connectivity index (χ1v) is 8.33. The minimum absolute atomic E-state index is 0.549.